The molecule has 0 aliphatic heterocycles. The van der Waals surface area contributed by atoms with Crippen molar-refractivity contribution in [2.75, 3.05) is 14.1 Å². The molecule has 0 aliphatic rings. The number of benzene rings is 4. The van der Waals surface area contributed by atoms with Gasteiger partial charge < -0.3 is 4.90 Å². The van der Waals surface area contributed by atoms with E-state index in [0.29, 0.717) is 0 Å². The van der Waals surface area contributed by atoms with E-state index in [0.717, 1.165) is 11.1 Å². The number of hydrogen-bond acceptors (Lipinski definition) is 1. The summed E-state index contributed by atoms with van der Waals surface area (Å²) >= 11 is 0. The molecule has 0 saturated heterocycles. The Bertz CT molecular complexity index is 905. The van der Waals surface area contributed by atoms with Crippen LogP contribution in [0.3, 0.4) is 0 Å². The lowest BCUT2D eigenvalue weighted by Crippen LogP contribution is -2.28. The minimum Gasteiger partial charge on any atom is -0.348 e. The molecule has 2 nitrogen and oxygen atoms in total. The molecule has 0 aliphatic carbocycles. The first-order chi connectivity index (χ1) is 13.7. The van der Waals surface area contributed by atoms with Gasteiger partial charge in [-0.1, -0.05) is 109 Å². The molecular weight excluding hydrogens is 342 g/mol. The van der Waals surface area contributed by atoms with E-state index in [9.17, 15) is 4.79 Å². The van der Waals surface area contributed by atoms with Gasteiger partial charge in [-0.05, 0) is 21.9 Å². The SMILES string of the molecule is CN(C)C(=O)C(c1ccccc1)c1ccccc1.c1ccc2ccccc2c1. The molecule has 1 amide bonds. The van der Waals surface area contributed by atoms with Crippen LogP contribution in [0, 0.1) is 0 Å². The molecule has 0 N–H and O–H groups in total. The average molecular weight is 367 g/mol. The Hall–Kier alpha value is -3.39. The van der Waals surface area contributed by atoms with Gasteiger partial charge in [-0.2, -0.15) is 0 Å². The van der Waals surface area contributed by atoms with Crippen molar-refractivity contribution >= 4 is 16.7 Å². The van der Waals surface area contributed by atoms with Gasteiger partial charge in [-0.25, -0.2) is 0 Å². The maximum atomic E-state index is 12.4. The van der Waals surface area contributed by atoms with Crippen LogP contribution in [-0.4, -0.2) is 24.9 Å². The number of carbonyl (C=O) groups is 1. The molecule has 28 heavy (non-hydrogen) atoms. The van der Waals surface area contributed by atoms with Gasteiger partial charge >= 0.3 is 0 Å². The second kappa shape index (κ2) is 9.52. The third-order valence-electron chi connectivity index (χ3n) is 4.61. The van der Waals surface area contributed by atoms with Crippen molar-refractivity contribution in [1.29, 1.82) is 0 Å². The van der Waals surface area contributed by atoms with Crippen molar-refractivity contribution < 1.29 is 4.79 Å². The molecule has 2 heteroatoms. The first-order valence-electron chi connectivity index (χ1n) is 9.41. The molecule has 0 fully saturated rings. The van der Waals surface area contributed by atoms with Crippen LogP contribution in [0.25, 0.3) is 10.8 Å². The number of nitrogens with zero attached hydrogens (tertiary/aromatic N) is 1. The lowest BCUT2D eigenvalue weighted by Gasteiger charge is -2.21. The number of hydrogen-bond donors (Lipinski definition) is 0. The highest BCUT2D eigenvalue weighted by atomic mass is 16.2. The molecule has 0 bridgehead atoms. The van der Waals surface area contributed by atoms with Gasteiger partial charge in [-0.15, -0.1) is 0 Å². The van der Waals surface area contributed by atoms with E-state index in [1.54, 1.807) is 19.0 Å². The number of rotatable bonds is 3. The van der Waals surface area contributed by atoms with Crippen LogP contribution < -0.4 is 0 Å². The summed E-state index contributed by atoms with van der Waals surface area (Å²) in [6, 6.07) is 36.5. The van der Waals surface area contributed by atoms with E-state index in [1.807, 2.05) is 60.7 Å². The number of carbonyl (C=O) groups excluding carboxylic acids is 1. The van der Waals surface area contributed by atoms with Crippen molar-refractivity contribution in [3.8, 4) is 0 Å². The van der Waals surface area contributed by atoms with E-state index in [1.165, 1.54) is 10.8 Å². The van der Waals surface area contributed by atoms with Crippen LogP contribution in [0.5, 0.6) is 0 Å². The second-order valence-corrected chi connectivity index (χ2v) is 6.83. The predicted molar refractivity (Wildman–Crippen MR) is 117 cm³/mol. The molecule has 4 rings (SSSR count). The molecular formula is C26H25NO. The normalized spacial score (nSPS) is 10.2. The molecule has 0 saturated carbocycles. The van der Waals surface area contributed by atoms with Gasteiger partial charge in [0.2, 0.25) is 5.91 Å². The molecule has 0 radical (unpaired) electrons. The summed E-state index contributed by atoms with van der Waals surface area (Å²) in [6.07, 6.45) is 0. The summed E-state index contributed by atoms with van der Waals surface area (Å²) in [6.45, 7) is 0. The Morgan fingerprint density at radius 1 is 0.571 bits per heavy atom. The first-order valence-corrected chi connectivity index (χ1v) is 9.41. The topological polar surface area (TPSA) is 20.3 Å². The summed E-state index contributed by atoms with van der Waals surface area (Å²) < 4.78 is 0. The van der Waals surface area contributed by atoms with Crippen molar-refractivity contribution in [3.05, 3.63) is 120 Å². The quantitative estimate of drug-likeness (QED) is 0.452. The lowest BCUT2D eigenvalue weighted by molar-refractivity contribution is -0.129. The Balaban J connectivity index is 0.000000188. The zero-order chi connectivity index (χ0) is 19.8. The highest BCUT2D eigenvalue weighted by molar-refractivity contribution is 5.86. The smallest absolute Gasteiger partial charge is 0.234 e. The van der Waals surface area contributed by atoms with Gasteiger partial charge in [0.15, 0.2) is 0 Å². The van der Waals surface area contributed by atoms with Crippen LogP contribution in [0.1, 0.15) is 17.0 Å². The van der Waals surface area contributed by atoms with Crippen LogP contribution >= 0.6 is 0 Å². The first kappa shape index (κ1) is 19.4. The fourth-order valence-electron chi connectivity index (χ4n) is 3.16. The van der Waals surface area contributed by atoms with Gasteiger partial charge in [0.1, 0.15) is 0 Å². The Kier molecular flexibility index (Phi) is 6.59. The van der Waals surface area contributed by atoms with E-state index < -0.39 is 0 Å². The maximum absolute atomic E-state index is 12.4. The molecule has 0 atom stereocenters. The van der Waals surface area contributed by atoms with Crippen molar-refractivity contribution in [3.63, 3.8) is 0 Å². The summed E-state index contributed by atoms with van der Waals surface area (Å²) in [5.41, 5.74) is 2.06. The third kappa shape index (κ3) is 4.86. The molecule has 0 spiro atoms. The van der Waals surface area contributed by atoms with E-state index in [2.05, 4.69) is 48.5 Å². The highest BCUT2D eigenvalue weighted by Crippen LogP contribution is 2.25. The average Bonchev–Trinajstić information content (AvgIpc) is 2.76. The summed E-state index contributed by atoms with van der Waals surface area (Å²) in [5, 5.41) is 2.62. The fourth-order valence-corrected chi connectivity index (χ4v) is 3.16. The standard InChI is InChI=1S/C16H17NO.C10H8/c1-17(2)16(18)15(13-9-5-3-6-10-13)14-11-7-4-8-12-14;1-2-6-10-8-4-3-7-9(10)5-1/h3-12,15H,1-2H3;1-8H. The van der Waals surface area contributed by atoms with Gasteiger partial charge in [-0.3, -0.25) is 4.79 Å². The van der Waals surface area contributed by atoms with Crippen LogP contribution in [0.4, 0.5) is 0 Å². The third-order valence-corrected chi connectivity index (χ3v) is 4.61. The Morgan fingerprint density at radius 3 is 1.21 bits per heavy atom. The zero-order valence-electron chi connectivity index (χ0n) is 16.3. The summed E-state index contributed by atoms with van der Waals surface area (Å²) in [7, 11) is 3.59. The maximum Gasteiger partial charge on any atom is 0.234 e. The van der Waals surface area contributed by atoms with E-state index in [4.69, 9.17) is 0 Å². The van der Waals surface area contributed by atoms with Gasteiger partial charge in [0.25, 0.3) is 0 Å². The summed E-state index contributed by atoms with van der Waals surface area (Å²) in [5.74, 6) is -0.116. The van der Waals surface area contributed by atoms with Crippen molar-refractivity contribution in [2.45, 2.75) is 5.92 Å². The molecule has 140 valence electrons. The predicted octanol–water partition coefficient (Wildman–Crippen LogP) is 5.75. The van der Waals surface area contributed by atoms with Crippen LogP contribution in [-0.2, 0) is 4.79 Å². The fraction of sp³-hybridized carbons (Fsp3) is 0.115. The van der Waals surface area contributed by atoms with Crippen LogP contribution in [0.15, 0.2) is 109 Å². The summed E-state index contributed by atoms with van der Waals surface area (Å²) in [4.78, 5) is 14.0. The highest BCUT2D eigenvalue weighted by Gasteiger charge is 2.23. The van der Waals surface area contributed by atoms with Crippen LogP contribution in [0.2, 0.25) is 0 Å². The van der Waals surface area contributed by atoms with Crippen molar-refractivity contribution in [2.24, 2.45) is 0 Å². The van der Waals surface area contributed by atoms with Crippen molar-refractivity contribution in [1.82, 2.24) is 4.90 Å². The van der Waals surface area contributed by atoms with E-state index in [-0.39, 0.29) is 11.8 Å². The molecule has 0 heterocycles. The molecule has 4 aromatic carbocycles. The van der Waals surface area contributed by atoms with Gasteiger partial charge in [0, 0.05) is 14.1 Å². The lowest BCUT2D eigenvalue weighted by atomic mass is 9.90. The Labute approximate surface area is 167 Å². The molecule has 4 aromatic rings. The minimum atomic E-state index is -0.220. The minimum absolute atomic E-state index is 0.104. The monoisotopic (exact) mass is 367 g/mol. The van der Waals surface area contributed by atoms with Gasteiger partial charge in [0.05, 0.1) is 5.92 Å². The zero-order valence-corrected chi connectivity index (χ0v) is 16.3. The molecule has 0 aromatic heterocycles. The number of fused-ring (bicyclic) bond motifs is 1. The molecule has 0 unspecified atom stereocenters. The van der Waals surface area contributed by atoms with E-state index >= 15 is 0 Å². The largest absolute Gasteiger partial charge is 0.348 e. The second-order valence-electron chi connectivity index (χ2n) is 6.83. The number of amides is 1. The number of likely N-dealkylation sites (N-methyl/N-ethyl adjacent to an activating group) is 1. The Morgan fingerprint density at radius 2 is 0.893 bits per heavy atom.